The van der Waals surface area contributed by atoms with Gasteiger partial charge in [0.15, 0.2) is 0 Å². The Morgan fingerprint density at radius 3 is 2.46 bits per heavy atom. The van der Waals surface area contributed by atoms with Crippen molar-refractivity contribution in [1.82, 2.24) is 9.80 Å². The SMILES string of the molecule is CC(c1cc2ccccc2o1)N(C)C(=O)C1CCN(C(=O)C2CC2)CC1. The predicted octanol–water partition coefficient (Wildman–Crippen LogP) is 3.60. The zero-order chi connectivity index (χ0) is 18.3. The highest BCUT2D eigenvalue weighted by atomic mass is 16.3. The van der Waals surface area contributed by atoms with Crippen LogP contribution in [0.15, 0.2) is 34.7 Å². The second kappa shape index (κ2) is 6.78. The highest BCUT2D eigenvalue weighted by Crippen LogP contribution is 2.33. The number of likely N-dealkylation sites (tertiary alicyclic amines) is 1. The quantitative estimate of drug-likeness (QED) is 0.843. The fraction of sp³-hybridized carbons (Fsp3) is 0.524. The summed E-state index contributed by atoms with van der Waals surface area (Å²) in [6.45, 7) is 3.42. The van der Waals surface area contributed by atoms with E-state index in [9.17, 15) is 9.59 Å². The van der Waals surface area contributed by atoms with Gasteiger partial charge >= 0.3 is 0 Å². The van der Waals surface area contributed by atoms with Crippen LogP contribution in [0.2, 0.25) is 0 Å². The molecule has 1 aliphatic carbocycles. The molecular weight excluding hydrogens is 328 g/mol. The van der Waals surface area contributed by atoms with Crippen LogP contribution >= 0.6 is 0 Å². The van der Waals surface area contributed by atoms with Crippen molar-refractivity contribution in [2.45, 2.75) is 38.6 Å². The number of nitrogens with zero attached hydrogens (tertiary/aromatic N) is 2. The summed E-state index contributed by atoms with van der Waals surface area (Å²) in [4.78, 5) is 28.8. The molecule has 1 saturated carbocycles. The lowest BCUT2D eigenvalue weighted by atomic mass is 9.94. The van der Waals surface area contributed by atoms with Gasteiger partial charge in [0.25, 0.3) is 0 Å². The Kier molecular flexibility index (Phi) is 4.47. The maximum Gasteiger partial charge on any atom is 0.226 e. The van der Waals surface area contributed by atoms with E-state index in [1.165, 1.54) is 0 Å². The van der Waals surface area contributed by atoms with Gasteiger partial charge in [-0.2, -0.15) is 0 Å². The number of para-hydroxylation sites is 1. The van der Waals surface area contributed by atoms with Crippen LogP contribution in [0.3, 0.4) is 0 Å². The minimum Gasteiger partial charge on any atom is -0.459 e. The van der Waals surface area contributed by atoms with E-state index < -0.39 is 0 Å². The Balaban J connectivity index is 1.38. The van der Waals surface area contributed by atoms with Crippen molar-refractivity contribution in [1.29, 1.82) is 0 Å². The summed E-state index contributed by atoms with van der Waals surface area (Å²) in [5, 5.41) is 1.06. The number of rotatable bonds is 4. The number of furan rings is 1. The van der Waals surface area contributed by atoms with E-state index >= 15 is 0 Å². The molecule has 138 valence electrons. The van der Waals surface area contributed by atoms with Crippen molar-refractivity contribution in [2.24, 2.45) is 11.8 Å². The summed E-state index contributed by atoms with van der Waals surface area (Å²) < 4.78 is 5.92. The van der Waals surface area contributed by atoms with Gasteiger partial charge < -0.3 is 14.2 Å². The van der Waals surface area contributed by atoms with E-state index in [1.807, 2.05) is 49.2 Å². The minimum atomic E-state index is -0.110. The third-order valence-corrected chi connectivity index (χ3v) is 5.87. The van der Waals surface area contributed by atoms with E-state index in [4.69, 9.17) is 4.42 Å². The zero-order valence-electron chi connectivity index (χ0n) is 15.5. The lowest BCUT2D eigenvalue weighted by Crippen LogP contribution is -2.44. The molecule has 0 N–H and O–H groups in total. The van der Waals surface area contributed by atoms with Crippen molar-refractivity contribution < 1.29 is 14.0 Å². The zero-order valence-corrected chi connectivity index (χ0v) is 15.5. The molecule has 4 rings (SSSR count). The minimum absolute atomic E-state index is 0.00455. The summed E-state index contributed by atoms with van der Waals surface area (Å²) in [6.07, 6.45) is 3.59. The maximum atomic E-state index is 12.9. The predicted molar refractivity (Wildman–Crippen MR) is 99.4 cm³/mol. The Hall–Kier alpha value is -2.30. The number of amides is 2. The van der Waals surface area contributed by atoms with Crippen molar-refractivity contribution in [3.8, 4) is 0 Å². The van der Waals surface area contributed by atoms with Gasteiger partial charge in [-0.05, 0) is 44.7 Å². The van der Waals surface area contributed by atoms with Crippen LogP contribution in [0.5, 0.6) is 0 Å². The van der Waals surface area contributed by atoms with Gasteiger partial charge in [-0.25, -0.2) is 0 Å². The second-order valence-corrected chi connectivity index (χ2v) is 7.69. The van der Waals surface area contributed by atoms with E-state index in [0.717, 1.165) is 42.4 Å². The van der Waals surface area contributed by atoms with Crippen molar-refractivity contribution in [3.05, 3.63) is 36.1 Å². The van der Waals surface area contributed by atoms with Crippen molar-refractivity contribution >= 4 is 22.8 Å². The summed E-state index contributed by atoms with van der Waals surface area (Å²) in [6, 6.07) is 9.80. The number of benzene rings is 1. The number of hydrogen-bond acceptors (Lipinski definition) is 3. The van der Waals surface area contributed by atoms with Gasteiger partial charge in [0.05, 0.1) is 6.04 Å². The highest BCUT2D eigenvalue weighted by Gasteiger charge is 2.37. The molecule has 1 aromatic carbocycles. The van der Waals surface area contributed by atoms with Gasteiger partial charge in [0.1, 0.15) is 11.3 Å². The third kappa shape index (κ3) is 3.22. The van der Waals surface area contributed by atoms with Gasteiger partial charge in [0.2, 0.25) is 11.8 Å². The Morgan fingerprint density at radius 2 is 1.81 bits per heavy atom. The summed E-state index contributed by atoms with van der Waals surface area (Å²) in [5.74, 6) is 1.51. The van der Waals surface area contributed by atoms with Crippen molar-refractivity contribution in [2.75, 3.05) is 20.1 Å². The molecule has 2 fully saturated rings. The number of hydrogen-bond donors (Lipinski definition) is 0. The molecule has 2 aromatic rings. The summed E-state index contributed by atoms with van der Waals surface area (Å²) in [5.41, 5.74) is 0.849. The van der Waals surface area contributed by atoms with Gasteiger partial charge in [-0.15, -0.1) is 0 Å². The first kappa shape index (κ1) is 17.1. The molecule has 2 heterocycles. The number of carbonyl (C=O) groups excluding carboxylic acids is 2. The molecule has 2 aliphatic rings. The van der Waals surface area contributed by atoms with Crippen LogP contribution in [0.1, 0.15) is 44.4 Å². The topological polar surface area (TPSA) is 53.8 Å². The summed E-state index contributed by atoms with van der Waals surface area (Å²) >= 11 is 0. The fourth-order valence-corrected chi connectivity index (χ4v) is 3.81. The smallest absolute Gasteiger partial charge is 0.226 e. The first-order valence-corrected chi connectivity index (χ1v) is 9.58. The maximum absolute atomic E-state index is 12.9. The van der Waals surface area contributed by atoms with E-state index in [1.54, 1.807) is 4.90 Å². The van der Waals surface area contributed by atoms with E-state index in [0.29, 0.717) is 19.0 Å². The van der Waals surface area contributed by atoms with Crippen LogP contribution < -0.4 is 0 Å². The van der Waals surface area contributed by atoms with Gasteiger partial charge in [-0.1, -0.05) is 18.2 Å². The number of piperidine rings is 1. The Bertz CT molecular complexity index is 783. The average Bonchev–Trinajstić information content (AvgIpc) is 3.44. The largest absolute Gasteiger partial charge is 0.459 e. The molecule has 1 unspecified atom stereocenters. The lowest BCUT2D eigenvalue weighted by Gasteiger charge is -2.34. The Labute approximate surface area is 153 Å². The van der Waals surface area contributed by atoms with Crippen LogP contribution in [0.25, 0.3) is 11.0 Å². The monoisotopic (exact) mass is 354 g/mol. The van der Waals surface area contributed by atoms with Crippen LogP contribution in [-0.4, -0.2) is 41.8 Å². The van der Waals surface area contributed by atoms with Crippen LogP contribution in [0.4, 0.5) is 0 Å². The number of carbonyl (C=O) groups is 2. The fourth-order valence-electron chi connectivity index (χ4n) is 3.81. The molecule has 0 radical (unpaired) electrons. The number of fused-ring (bicyclic) bond motifs is 1. The summed E-state index contributed by atoms with van der Waals surface area (Å²) in [7, 11) is 1.85. The lowest BCUT2D eigenvalue weighted by molar-refractivity contribution is -0.141. The van der Waals surface area contributed by atoms with Gasteiger partial charge in [-0.3, -0.25) is 9.59 Å². The highest BCUT2D eigenvalue weighted by molar-refractivity contribution is 5.83. The molecule has 5 nitrogen and oxygen atoms in total. The molecule has 1 atom stereocenters. The third-order valence-electron chi connectivity index (χ3n) is 5.87. The Morgan fingerprint density at radius 1 is 1.12 bits per heavy atom. The standard InChI is InChI=1S/C21H26N2O3/c1-14(19-13-17-5-3-4-6-18(17)26-19)22(2)20(24)16-9-11-23(12-10-16)21(25)15-7-8-15/h3-6,13-16H,7-12H2,1-2H3. The second-order valence-electron chi connectivity index (χ2n) is 7.69. The van der Waals surface area contributed by atoms with Crippen LogP contribution in [-0.2, 0) is 9.59 Å². The average molecular weight is 354 g/mol. The van der Waals surface area contributed by atoms with E-state index in [-0.39, 0.29) is 23.8 Å². The van der Waals surface area contributed by atoms with Gasteiger partial charge in [0, 0.05) is 37.4 Å². The molecule has 0 bridgehead atoms. The first-order chi connectivity index (χ1) is 12.5. The molecule has 1 aromatic heterocycles. The first-order valence-electron chi connectivity index (χ1n) is 9.58. The molecular formula is C21H26N2O3. The normalized spacial score (nSPS) is 19.5. The molecule has 1 aliphatic heterocycles. The molecule has 26 heavy (non-hydrogen) atoms. The molecule has 0 spiro atoms. The molecule has 2 amide bonds. The van der Waals surface area contributed by atoms with Crippen molar-refractivity contribution in [3.63, 3.8) is 0 Å². The van der Waals surface area contributed by atoms with E-state index in [2.05, 4.69) is 0 Å². The molecule has 1 saturated heterocycles. The van der Waals surface area contributed by atoms with Crippen LogP contribution in [0, 0.1) is 11.8 Å². The molecule has 5 heteroatoms.